The fraction of sp³-hybridized carbons (Fsp3) is 0.333. The Morgan fingerprint density at radius 2 is 2.20 bits per heavy atom. The molecule has 0 heterocycles. The van der Waals surface area contributed by atoms with Gasteiger partial charge in [0.2, 0.25) is 0 Å². The highest BCUT2D eigenvalue weighted by atomic mass is 16.5. The molecule has 3 nitrogen and oxygen atoms in total. The van der Waals surface area contributed by atoms with Gasteiger partial charge in [0, 0.05) is 0 Å². The van der Waals surface area contributed by atoms with Crippen LogP contribution in [0.25, 0.3) is 0 Å². The molecule has 0 N–H and O–H groups in total. The lowest BCUT2D eigenvalue weighted by Crippen LogP contribution is -2.05. The molecule has 0 bridgehead atoms. The molecule has 0 unspecified atom stereocenters. The third-order valence-corrected chi connectivity index (χ3v) is 2.36. The van der Waals surface area contributed by atoms with E-state index in [9.17, 15) is 4.79 Å². The highest BCUT2D eigenvalue weighted by Gasteiger charge is 2.12. The van der Waals surface area contributed by atoms with Crippen molar-refractivity contribution in [3.8, 4) is 6.07 Å². The largest absolute Gasteiger partial charge is 0.465 e. The number of nitrogens with zero attached hydrogens (tertiary/aromatic N) is 1. The number of carbonyl (C=O) groups is 1. The highest BCUT2D eigenvalue weighted by molar-refractivity contribution is 5.91. The van der Waals surface area contributed by atoms with Gasteiger partial charge < -0.3 is 4.74 Å². The molecule has 0 aromatic heterocycles. The summed E-state index contributed by atoms with van der Waals surface area (Å²) >= 11 is 0. The topological polar surface area (TPSA) is 50.1 Å². The minimum atomic E-state index is -0.397. The Balaban J connectivity index is 3.33. The van der Waals surface area contributed by atoms with Crippen molar-refractivity contribution in [2.45, 2.75) is 20.3 Å². The van der Waals surface area contributed by atoms with Gasteiger partial charge >= 0.3 is 5.97 Å². The smallest absolute Gasteiger partial charge is 0.338 e. The number of ether oxygens (including phenoxy) is 1. The van der Waals surface area contributed by atoms with Gasteiger partial charge in [0.15, 0.2) is 0 Å². The molecule has 0 aliphatic carbocycles. The van der Waals surface area contributed by atoms with Gasteiger partial charge in [-0.3, -0.25) is 0 Å². The molecule has 0 aliphatic heterocycles. The van der Waals surface area contributed by atoms with Crippen molar-refractivity contribution in [2.75, 3.05) is 7.11 Å². The van der Waals surface area contributed by atoms with Crippen molar-refractivity contribution in [2.24, 2.45) is 0 Å². The molecule has 15 heavy (non-hydrogen) atoms. The zero-order valence-electron chi connectivity index (χ0n) is 9.13. The molecule has 0 atom stereocenters. The summed E-state index contributed by atoms with van der Waals surface area (Å²) in [5, 5.41) is 8.92. The van der Waals surface area contributed by atoms with Crippen LogP contribution in [0.1, 0.15) is 34.0 Å². The summed E-state index contributed by atoms with van der Waals surface area (Å²) in [5.41, 5.74) is 2.81. The second-order valence-electron chi connectivity index (χ2n) is 3.28. The number of aryl methyl sites for hydroxylation is 2. The molecule has 0 aliphatic rings. The number of carbonyl (C=O) groups excluding carboxylic acids is 1. The van der Waals surface area contributed by atoms with E-state index in [1.54, 1.807) is 6.07 Å². The normalized spacial score (nSPS) is 9.47. The van der Waals surface area contributed by atoms with Gasteiger partial charge in [-0.1, -0.05) is 13.0 Å². The van der Waals surface area contributed by atoms with Crippen molar-refractivity contribution in [1.29, 1.82) is 5.26 Å². The molecule has 0 fully saturated rings. The first-order valence-corrected chi connectivity index (χ1v) is 4.76. The maximum absolute atomic E-state index is 11.4. The zero-order valence-corrected chi connectivity index (χ0v) is 9.13. The lowest BCUT2D eigenvalue weighted by atomic mass is 9.98. The summed E-state index contributed by atoms with van der Waals surface area (Å²) in [7, 11) is 1.33. The van der Waals surface area contributed by atoms with Crippen molar-refractivity contribution < 1.29 is 9.53 Å². The van der Waals surface area contributed by atoms with Crippen LogP contribution in [0.5, 0.6) is 0 Å². The fourth-order valence-electron chi connectivity index (χ4n) is 1.49. The Labute approximate surface area is 89.3 Å². The quantitative estimate of drug-likeness (QED) is 0.692. The standard InChI is InChI=1S/C12H13NO2/c1-4-9-5-8(2)11(12(14)15-3)6-10(9)7-13/h5-6H,4H2,1-3H3. The second-order valence-corrected chi connectivity index (χ2v) is 3.28. The van der Waals surface area contributed by atoms with Crippen LogP contribution in [-0.4, -0.2) is 13.1 Å². The van der Waals surface area contributed by atoms with E-state index in [1.807, 2.05) is 19.9 Å². The SMILES string of the molecule is CCc1cc(C)c(C(=O)OC)cc1C#N. The summed E-state index contributed by atoms with van der Waals surface area (Å²) in [6.07, 6.45) is 0.783. The Bertz CT molecular complexity index is 430. The average Bonchev–Trinajstić information content (AvgIpc) is 2.27. The first-order valence-electron chi connectivity index (χ1n) is 4.76. The van der Waals surface area contributed by atoms with Crippen molar-refractivity contribution >= 4 is 5.97 Å². The number of nitriles is 1. The van der Waals surface area contributed by atoms with Crippen LogP contribution < -0.4 is 0 Å². The van der Waals surface area contributed by atoms with Crippen molar-refractivity contribution in [3.63, 3.8) is 0 Å². The summed E-state index contributed by atoms with van der Waals surface area (Å²) in [4.78, 5) is 11.4. The Morgan fingerprint density at radius 1 is 1.53 bits per heavy atom. The van der Waals surface area contributed by atoms with Crippen LogP contribution in [-0.2, 0) is 11.2 Å². The fourth-order valence-corrected chi connectivity index (χ4v) is 1.49. The lowest BCUT2D eigenvalue weighted by Gasteiger charge is -2.07. The first-order chi connectivity index (χ1) is 7.13. The molecule has 1 aromatic rings. The number of hydrogen-bond donors (Lipinski definition) is 0. The molecular weight excluding hydrogens is 190 g/mol. The van der Waals surface area contributed by atoms with E-state index >= 15 is 0 Å². The monoisotopic (exact) mass is 203 g/mol. The summed E-state index contributed by atoms with van der Waals surface area (Å²) in [5.74, 6) is -0.397. The zero-order chi connectivity index (χ0) is 11.4. The van der Waals surface area contributed by atoms with Crippen LogP contribution in [0.2, 0.25) is 0 Å². The van der Waals surface area contributed by atoms with Crippen LogP contribution in [0.4, 0.5) is 0 Å². The van der Waals surface area contributed by atoms with Gasteiger partial charge in [0.1, 0.15) is 0 Å². The molecule has 0 radical (unpaired) electrons. The molecule has 78 valence electrons. The Morgan fingerprint density at radius 3 is 2.67 bits per heavy atom. The Hall–Kier alpha value is -1.82. The highest BCUT2D eigenvalue weighted by Crippen LogP contribution is 2.17. The molecule has 0 spiro atoms. The number of methoxy groups -OCH3 is 1. The number of esters is 1. The van der Waals surface area contributed by atoms with E-state index in [2.05, 4.69) is 10.8 Å². The van der Waals surface area contributed by atoms with E-state index in [4.69, 9.17) is 5.26 Å². The molecule has 0 amide bonds. The van der Waals surface area contributed by atoms with Gasteiger partial charge in [-0.05, 0) is 30.5 Å². The van der Waals surface area contributed by atoms with E-state index in [0.29, 0.717) is 11.1 Å². The predicted octanol–water partition coefficient (Wildman–Crippen LogP) is 2.22. The predicted molar refractivity (Wildman–Crippen MR) is 56.6 cm³/mol. The average molecular weight is 203 g/mol. The maximum Gasteiger partial charge on any atom is 0.338 e. The summed E-state index contributed by atoms with van der Waals surface area (Å²) in [6, 6.07) is 5.55. The van der Waals surface area contributed by atoms with E-state index in [-0.39, 0.29) is 0 Å². The van der Waals surface area contributed by atoms with Crippen LogP contribution in [0.3, 0.4) is 0 Å². The van der Waals surface area contributed by atoms with Crippen molar-refractivity contribution in [1.82, 2.24) is 0 Å². The van der Waals surface area contributed by atoms with Crippen molar-refractivity contribution in [3.05, 3.63) is 34.4 Å². The van der Waals surface area contributed by atoms with Crippen LogP contribution >= 0.6 is 0 Å². The van der Waals surface area contributed by atoms with E-state index < -0.39 is 5.97 Å². The van der Waals surface area contributed by atoms with Gasteiger partial charge in [-0.15, -0.1) is 0 Å². The molecule has 0 saturated carbocycles. The van der Waals surface area contributed by atoms with Crippen LogP contribution in [0.15, 0.2) is 12.1 Å². The molecule has 1 rings (SSSR count). The summed E-state index contributed by atoms with van der Waals surface area (Å²) in [6.45, 7) is 3.82. The minimum absolute atomic E-state index is 0.397. The number of rotatable bonds is 2. The van der Waals surface area contributed by atoms with Gasteiger partial charge in [0.25, 0.3) is 0 Å². The molecule has 3 heteroatoms. The van der Waals surface area contributed by atoms with E-state index in [1.165, 1.54) is 7.11 Å². The van der Waals surface area contributed by atoms with E-state index in [0.717, 1.165) is 17.5 Å². The third-order valence-electron chi connectivity index (χ3n) is 2.36. The molecule has 0 saturated heterocycles. The number of benzene rings is 1. The third kappa shape index (κ3) is 2.16. The minimum Gasteiger partial charge on any atom is -0.465 e. The van der Waals surface area contributed by atoms with Crippen LogP contribution in [0, 0.1) is 18.3 Å². The maximum atomic E-state index is 11.4. The Kier molecular flexibility index (Phi) is 3.46. The second kappa shape index (κ2) is 4.61. The number of hydrogen-bond acceptors (Lipinski definition) is 3. The van der Waals surface area contributed by atoms with Gasteiger partial charge in [-0.25, -0.2) is 4.79 Å². The van der Waals surface area contributed by atoms with Gasteiger partial charge in [-0.2, -0.15) is 5.26 Å². The first kappa shape index (κ1) is 11.3. The lowest BCUT2D eigenvalue weighted by molar-refractivity contribution is 0.0600. The molecule has 1 aromatic carbocycles. The van der Waals surface area contributed by atoms with Gasteiger partial charge in [0.05, 0.1) is 24.3 Å². The summed E-state index contributed by atoms with van der Waals surface area (Å²) < 4.78 is 4.64. The molecular formula is C12H13NO2.